The Labute approximate surface area is 83.6 Å². The Balaban J connectivity index is 1.83. The number of hydrogen-bond donors (Lipinski definition) is 0. The number of thiazole rings is 1. The van der Waals surface area contributed by atoms with Crippen LogP contribution in [0, 0.1) is 5.92 Å². The number of piperidine rings is 1. The van der Waals surface area contributed by atoms with E-state index in [0.29, 0.717) is 0 Å². The molecule has 2 nitrogen and oxygen atoms in total. The predicted molar refractivity (Wildman–Crippen MR) is 56.0 cm³/mol. The van der Waals surface area contributed by atoms with Crippen molar-refractivity contribution in [3.05, 3.63) is 16.6 Å². The Morgan fingerprint density at radius 1 is 1.54 bits per heavy atom. The second-order valence-corrected chi connectivity index (χ2v) is 4.86. The summed E-state index contributed by atoms with van der Waals surface area (Å²) in [4.78, 5) is 6.75. The van der Waals surface area contributed by atoms with E-state index in [1.807, 2.05) is 6.20 Å². The highest BCUT2D eigenvalue weighted by molar-refractivity contribution is 7.09. The number of hydrogen-bond acceptors (Lipinski definition) is 3. The Morgan fingerprint density at radius 3 is 2.92 bits per heavy atom. The van der Waals surface area contributed by atoms with Crippen molar-refractivity contribution in [3.63, 3.8) is 0 Å². The maximum atomic E-state index is 4.33. The Hall–Kier alpha value is -0.410. The fraction of sp³-hybridized carbons (Fsp3) is 0.700. The minimum absolute atomic E-state index is 0.877. The summed E-state index contributed by atoms with van der Waals surface area (Å²) in [6.07, 6.45) is 5.80. The van der Waals surface area contributed by atoms with Crippen LogP contribution >= 0.6 is 11.3 Å². The van der Waals surface area contributed by atoms with Gasteiger partial charge in [-0.2, -0.15) is 0 Å². The van der Waals surface area contributed by atoms with Crippen molar-refractivity contribution >= 4 is 11.3 Å². The van der Waals surface area contributed by atoms with Gasteiger partial charge in [0.25, 0.3) is 0 Å². The first-order valence-electron chi connectivity index (χ1n) is 4.91. The van der Waals surface area contributed by atoms with Crippen molar-refractivity contribution in [3.8, 4) is 0 Å². The normalized spacial score (nSPS) is 20.7. The average molecular weight is 196 g/mol. The third-order valence-corrected chi connectivity index (χ3v) is 3.59. The molecule has 2 rings (SSSR count). The lowest BCUT2D eigenvalue weighted by atomic mass is 9.94. The van der Waals surface area contributed by atoms with E-state index in [9.17, 15) is 0 Å². The van der Waals surface area contributed by atoms with E-state index in [-0.39, 0.29) is 0 Å². The number of likely N-dealkylation sites (tertiary alicyclic amines) is 1. The van der Waals surface area contributed by atoms with Gasteiger partial charge in [0.2, 0.25) is 0 Å². The van der Waals surface area contributed by atoms with Crippen molar-refractivity contribution in [2.45, 2.75) is 19.3 Å². The van der Waals surface area contributed by atoms with E-state index >= 15 is 0 Å². The smallest absolute Gasteiger partial charge is 0.0927 e. The maximum absolute atomic E-state index is 4.33. The summed E-state index contributed by atoms with van der Waals surface area (Å²) in [6, 6.07) is 0. The van der Waals surface area contributed by atoms with Crippen LogP contribution in [0.2, 0.25) is 0 Å². The SMILES string of the molecule is CN1CCC(Cc2nccs2)CC1. The summed E-state index contributed by atoms with van der Waals surface area (Å²) >= 11 is 1.79. The van der Waals surface area contributed by atoms with Gasteiger partial charge in [0, 0.05) is 18.0 Å². The minimum Gasteiger partial charge on any atom is -0.306 e. The van der Waals surface area contributed by atoms with Crippen LogP contribution in [0.25, 0.3) is 0 Å². The van der Waals surface area contributed by atoms with Crippen LogP contribution in [-0.4, -0.2) is 30.0 Å². The van der Waals surface area contributed by atoms with Gasteiger partial charge in [-0.15, -0.1) is 11.3 Å². The lowest BCUT2D eigenvalue weighted by Gasteiger charge is -2.28. The molecule has 0 saturated carbocycles. The van der Waals surface area contributed by atoms with Crippen LogP contribution < -0.4 is 0 Å². The van der Waals surface area contributed by atoms with E-state index in [1.54, 1.807) is 11.3 Å². The van der Waals surface area contributed by atoms with E-state index in [0.717, 1.165) is 5.92 Å². The first-order chi connectivity index (χ1) is 6.34. The van der Waals surface area contributed by atoms with Gasteiger partial charge in [0.05, 0.1) is 5.01 Å². The lowest BCUT2D eigenvalue weighted by molar-refractivity contribution is 0.219. The maximum Gasteiger partial charge on any atom is 0.0927 e. The zero-order chi connectivity index (χ0) is 9.10. The molecular formula is C10H16N2S. The van der Waals surface area contributed by atoms with E-state index in [2.05, 4.69) is 22.3 Å². The molecule has 0 unspecified atom stereocenters. The second-order valence-electron chi connectivity index (χ2n) is 3.88. The first-order valence-corrected chi connectivity index (χ1v) is 5.79. The third kappa shape index (κ3) is 2.51. The molecule has 13 heavy (non-hydrogen) atoms. The Bertz CT molecular complexity index is 237. The Morgan fingerprint density at radius 2 is 2.31 bits per heavy atom. The molecule has 2 heterocycles. The molecule has 0 radical (unpaired) electrons. The van der Waals surface area contributed by atoms with E-state index < -0.39 is 0 Å². The van der Waals surface area contributed by atoms with E-state index in [1.165, 1.54) is 37.4 Å². The van der Waals surface area contributed by atoms with Crippen LogP contribution in [0.3, 0.4) is 0 Å². The summed E-state index contributed by atoms with van der Waals surface area (Å²) in [5, 5.41) is 3.39. The summed E-state index contributed by atoms with van der Waals surface area (Å²) in [6.45, 7) is 2.52. The standard InChI is InChI=1S/C10H16N2S/c1-12-5-2-9(3-6-12)8-10-11-4-7-13-10/h4,7,9H,2-3,5-6,8H2,1H3. The van der Waals surface area contributed by atoms with Crippen molar-refractivity contribution in [1.82, 2.24) is 9.88 Å². The summed E-state index contributed by atoms with van der Waals surface area (Å²) < 4.78 is 0. The van der Waals surface area contributed by atoms with Gasteiger partial charge < -0.3 is 4.90 Å². The topological polar surface area (TPSA) is 16.1 Å². The van der Waals surface area contributed by atoms with Gasteiger partial charge in [0.15, 0.2) is 0 Å². The quantitative estimate of drug-likeness (QED) is 0.719. The van der Waals surface area contributed by atoms with Crippen LogP contribution in [0.1, 0.15) is 17.8 Å². The van der Waals surface area contributed by atoms with Gasteiger partial charge in [-0.05, 0) is 38.9 Å². The fourth-order valence-electron chi connectivity index (χ4n) is 1.87. The molecule has 0 bridgehead atoms. The first kappa shape index (κ1) is 9.16. The summed E-state index contributed by atoms with van der Waals surface area (Å²) in [5.74, 6) is 0.877. The molecular weight excluding hydrogens is 180 g/mol. The molecule has 0 spiro atoms. The van der Waals surface area contributed by atoms with Crippen molar-refractivity contribution < 1.29 is 0 Å². The van der Waals surface area contributed by atoms with Gasteiger partial charge in [-0.25, -0.2) is 4.98 Å². The molecule has 3 heteroatoms. The number of nitrogens with zero attached hydrogens (tertiary/aromatic N) is 2. The number of rotatable bonds is 2. The molecule has 1 aromatic heterocycles. The van der Waals surface area contributed by atoms with E-state index in [4.69, 9.17) is 0 Å². The highest BCUT2D eigenvalue weighted by Gasteiger charge is 2.17. The second kappa shape index (κ2) is 4.20. The molecule has 1 aromatic rings. The Kier molecular flexibility index (Phi) is 2.96. The van der Waals surface area contributed by atoms with Gasteiger partial charge >= 0.3 is 0 Å². The highest BCUT2D eigenvalue weighted by atomic mass is 32.1. The zero-order valence-corrected chi connectivity index (χ0v) is 8.89. The molecule has 1 saturated heterocycles. The zero-order valence-electron chi connectivity index (χ0n) is 8.07. The molecule has 0 amide bonds. The van der Waals surface area contributed by atoms with Crippen LogP contribution in [-0.2, 0) is 6.42 Å². The van der Waals surface area contributed by atoms with Gasteiger partial charge in [-0.1, -0.05) is 0 Å². The molecule has 1 aliphatic rings. The lowest BCUT2D eigenvalue weighted by Crippen LogP contribution is -2.30. The average Bonchev–Trinajstić information content (AvgIpc) is 2.62. The third-order valence-electron chi connectivity index (χ3n) is 2.78. The van der Waals surface area contributed by atoms with Crippen LogP contribution in [0.4, 0.5) is 0 Å². The van der Waals surface area contributed by atoms with Crippen molar-refractivity contribution in [2.75, 3.05) is 20.1 Å². The van der Waals surface area contributed by atoms with Crippen molar-refractivity contribution in [2.24, 2.45) is 5.92 Å². The van der Waals surface area contributed by atoms with Crippen LogP contribution in [0.5, 0.6) is 0 Å². The fourth-order valence-corrected chi connectivity index (χ4v) is 2.60. The molecule has 1 aliphatic heterocycles. The summed E-state index contributed by atoms with van der Waals surface area (Å²) in [5.41, 5.74) is 0. The predicted octanol–water partition coefficient (Wildman–Crippen LogP) is 2.03. The molecule has 0 aliphatic carbocycles. The van der Waals surface area contributed by atoms with Crippen molar-refractivity contribution in [1.29, 1.82) is 0 Å². The molecule has 0 atom stereocenters. The molecule has 0 N–H and O–H groups in total. The largest absolute Gasteiger partial charge is 0.306 e. The summed E-state index contributed by atoms with van der Waals surface area (Å²) in [7, 11) is 2.21. The molecule has 72 valence electrons. The number of aromatic nitrogens is 1. The van der Waals surface area contributed by atoms with Gasteiger partial charge in [-0.3, -0.25) is 0 Å². The molecule has 0 aromatic carbocycles. The molecule has 1 fully saturated rings. The minimum atomic E-state index is 0.877. The van der Waals surface area contributed by atoms with Crippen LogP contribution in [0.15, 0.2) is 11.6 Å². The van der Waals surface area contributed by atoms with Gasteiger partial charge in [0.1, 0.15) is 0 Å². The highest BCUT2D eigenvalue weighted by Crippen LogP contribution is 2.21. The monoisotopic (exact) mass is 196 g/mol.